The van der Waals surface area contributed by atoms with Gasteiger partial charge in [0.2, 0.25) is 5.91 Å². The maximum atomic E-state index is 11.9. The number of halogens is 2. The van der Waals surface area contributed by atoms with E-state index in [1.807, 2.05) is 26.0 Å². The molecule has 2 aromatic carbocycles. The van der Waals surface area contributed by atoms with E-state index in [2.05, 4.69) is 16.0 Å². The lowest BCUT2D eigenvalue weighted by molar-refractivity contribution is -0.136. The molecule has 0 saturated carbocycles. The Labute approximate surface area is 160 Å². The maximum absolute atomic E-state index is 11.9. The normalized spacial score (nSPS) is 10.2. The van der Waals surface area contributed by atoms with Crippen LogP contribution in [0.1, 0.15) is 11.1 Å². The molecule has 8 heteroatoms. The van der Waals surface area contributed by atoms with Gasteiger partial charge in [-0.25, -0.2) is 0 Å². The van der Waals surface area contributed by atoms with Crippen molar-refractivity contribution in [3.63, 3.8) is 0 Å². The van der Waals surface area contributed by atoms with Gasteiger partial charge in [-0.3, -0.25) is 14.4 Å². The molecule has 0 aliphatic rings. The standard InChI is InChI=1S/C18H17Cl2N3O3/c1-10-3-4-14(5-11(10)2)22-16(24)9-21-17(25)18(26)23-15-7-12(19)6-13(20)8-15/h3-8H,9H2,1-2H3,(H,21,25)(H,22,24)(H,23,26). The minimum absolute atomic E-state index is 0.280. The third kappa shape index (κ3) is 5.75. The SMILES string of the molecule is Cc1ccc(NC(=O)CNC(=O)C(=O)Nc2cc(Cl)cc(Cl)c2)cc1C. The number of carbonyl (C=O) groups excluding carboxylic acids is 3. The number of amides is 3. The Balaban J connectivity index is 1.85. The molecule has 136 valence electrons. The number of benzene rings is 2. The summed E-state index contributed by atoms with van der Waals surface area (Å²) in [5.74, 6) is -2.32. The number of hydrogen-bond donors (Lipinski definition) is 3. The molecule has 26 heavy (non-hydrogen) atoms. The molecule has 6 nitrogen and oxygen atoms in total. The van der Waals surface area contributed by atoms with Crippen molar-refractivity contribution in [2.45, 2.75) is 13.8 Å². The van der Waals surface area contributed by atoms with Crippen molar-refractivity contribution in [2.24, 2.45) is 0 Å². The second-order valence-corrected chi connectivity index (χ2v) is 6.52. The fourth-order valence-electron chi connectivity index (χ4n) is 2.08. The van der Waals surface area contributed by atoms with Crippen molar-refractivity contribution in [1.82, 2.24) is 5.32 Å². The van der Waals surface area contributed by atoms with E-state index in [1.165, 1.54) is 18.2 Å². The van der Waals surface area contributed by atoms with Gasteiger partial charge in [-0.05, 0) is 55.3 Å². The van der Waals surface area contributed by atoms with Crippen molar-refractivity contribution in [3.8, 4) is 0 Å². The number of nitrogens with one attached hydrogen (secondary N) is 3. The Bertz CT molecular complexity index is 849. The van der Waals surface area contributed by atoms with Gasteiger partial charge < -0.3 is 16.0 Å². The molecule has 0 aliphatic heterocycles. The second-order valence-electron chi connectivity index (χ2n) is 5.64. The van der Waals surface area contributed by atoms with Crippen molar-refractivity contribution < 1.29 is 14.4 Å². The molecule has 0 heterocycles. The Hall–Kier alpha value is -2.57. The van der Waals surface area contributed by atoms with Gasteiger partial charge in [-0.2, -0.15) is 0 Å². The molecule has 0 aliphatic carbocycles. The summed E-state index contributed by atoms with van der Waals surface area (Å²) in [6.07, 6.45) is 0. The molecule has 0 spiro atoms. The quantitative estimate of drug-likeness (QED) is 0.696. The van der Waals surface area contributed by atoms with Crippen LogP contribution in [0.4, 0.5) is 11.4 Å². The van der Waals surface area contributed by atoms with E-state index < -0.39 is 17.7 Å². The van der Waals surface area contributed by atoms with Crippen molar-refractivity contribution in [3.05, 3.63) is 57.6 Å². The molecule has 0 atom stereocenters. The van der Waals surface area contributed by atoms with Crippen LogP contribution in [0.5, 0.6) is 0 Å². The lowest BCUT2D eigenvalue weighted by atomic mass is 10.1. The van der Waals surface area contributed by atoms with Crippen molar-refractivity contribution in [1.29, 1.82) is 0 Å². The highest BCUT2D eigenvalue weighted by molar-refractivity contribution is 6.40. The van der Waals surface area contributed by atoms with Crippen molar-refractivity contribution in [2.75, 3.05) is 17.2 Å². The van der Waals surface area contributed by atoms with Crippen LogP contribution >= 0.6 is 23.2 Å². The second kappa shape index (κ2) is 8.69. The molecular weight excluding hydrogens is 377 g/mol. The Kier molecular flexibility index (Phi) is 6.60. The highest BCUT2D eigenvalue weighted by Crippen LogP contribution is 2.22. The zero-order valence-electron chi connectivity index (χ0n) is 14.2. The summed E-state index contributed by atoms with van der Waals surface area (Å²) >= 11 is 11.6. The highest BCUT2D eigenvalue weighted by Gasteiger charge is 2.15. The first-order valence-corrected chi connectivity index (χ1v) is 8.42. The summed E-state index contributed by atoms with van der Waals surface area (Å²) in [5, 5.41) is 7.90. The lowest BCUT2D eigenvalue weighted by Gasteiger charge is -2.09. The summed E-state index contributed by atoms with van der Waals surface area (Å²) in [6.45, 7) is 3.56. The smallest absolute Gasteiger partial charge is 0.313 e. The van der Waals surface area contributed by atoms with Crippen LogP contribution < -0.4 is 16.0 Å². The average Bonchev–Trinajstić information content (AvgIpc) is 2.55. The first-order chi connectivity index (χ1) is 12.2. The molecule has 0 unspecified atom stereocenters. The van der Waals surface area contributed by atoms with E-state index in [4.69, 9.17) is 23.2 Å². The Morgan fingerprint density at radius 3 is 2.08 bits per heavy atom. The molecule has 0 fully saturated rings. The third-order valence-corrected chi connectivity index (χ3v) is 3.96. The van der Waals surface area contributed by atoms with Gasteiger partial charge in [0.25, 0.3) is 0 Å². The summed E-state index contributed by atoms with van der Waals surface area (Å²) in [7, 11) is 0. The van der Waals surface area contributed by atoms with Crippen LogP contribution in [0.3, 0.4) is 0 Å². The molecule has 0 radical (unpaired) electrons. The fourth-order valence-corrected chi connectivity index (χ4v) is 2.61. The lowest BCUT2D eigenvalue weighted by Crippen LogP contribution is -2.39. The van der Waals surface area contributed by atoms with Crippen LogP contribution in [0.2, 0.25) is 10.0 Å². The van der Waals surface area contributed by atoms with E-state index in [9.17, 15) is 14.4 Å². The van der Waals surface area contributed by atoms with Gasteiger partial charge in [0.05, 0.1) is 6.54 Å². The molecule has 0 bridgehead atoms. The Morgan fingerprint density at radius 2 is 1.46 bits per heavy atom. The number of carbonyl (C=O) groups is 3. The molecule has 0 aromatic heterocycles. The van der Waals surface area contributed by atoms with Crippen LogP contribution in [-0.2, 0) is 14.4 Å². The summed E-state index contributed by atoms with van der Waals surface area (Å²) < 4.78 is 0. The molecule has 2 aromatic rings. The van der Waals surface area contributed by atoms with E-state index in [1.54, 1.807) is 6.07 Å². The predicted octanol–water partition coefficient (Wildman–Crippen LogP) is 3.30. The number of rotatable bonds is 4. The highest BCUT2D eigenvalue weighted by atomic mass is 35.5. The van der Waals surface area contributed by atoms with Crippen LogP contribution in [-0.4, -0.2) is 24.3 Å². The van der Waals surface area contributed by atoms with E-state index in [-0.39, 0.29) is 12.2 Å². The Morgan fingerprint density at radius 1 is 0.808 bits per heavy atom. The number of anilines is 2. The van der Waals surface area contributed by atoms with E-state index >= 15 is 0 Å². The van der Waals surface area contributed by atoms with Crippen LogP contribution in [0.15, 0.2) is 36.4 Å². The maximum Gasteiger partial charge on any atom is 0.313 e. The molecule has 0 saturated heterocycles. The van der Waals surface area contributed by atoms with Crippen LogP contribution in [0.25, 0.3) is 0 Å². The summed E-state index contributed by atoms with van der Waals surface area (Å²) in [4.78, 5) is 35.5. The third-order valence-electron chi connectivity index (χ3n) is 3.53. The number of aryl methyl sites for hydroxylation is 2. The largest absolute Gasteiger partial charge is 0.339 e. The fraction of sp³-hybridized carbons (Fsp3) is 0.167. The molecule has 3 N–H and O–H groups in total. The van der Waals surface area contributed by atoms with Crippen LogP contribution in [0, 0.1) is 13.8 Å². The monoisotopic (exact) mass is 393 g/mol. The topological polar surface area (TPSA) is 87.3 Å². The minimum Gasteiger partial charge on any atom is -0.339 e. The summed E-state index contributed by atoms with van der Waals surface area (Å²) in [5.41, 5.74) is 3.04. The first-order valence-electron chi connectivity index (χ1n) is 7.67. The zero-order valence-corrected chi connectivity index (χ0v) is 15.7. The van der Waals surface area contributed by atoms with Gasteiger partial charge in [0.15, 0.2) is 0 Å². The van der Waals surface area contributed by atoms with Gasteiger partial charge in [-0.15, -0.1) is 0 Å². The van der Waals surface area contributed by atoms with Crippen molar-refractivity contribution >= 4 is 52.3 Å². The van der Waals surface area contributed by atoms with Gasteiger partial charge >= 0.3 is 11.8 Å². The van der Waals surface area contributed by atoms with Gasteiger partial charge in [-0.1, -0.05) is 29.3 Å². The molecular formula is C18H17Cl2N3O3. The minimum atomic E-state index is -0.948. The zero-order chi connectivity index (χ0) is 19.3. The molecule has 3 amide bonds. The predicted molar refractivity (Wildman–Crippen MR) is 103 cm³/mol. The van der Waals surface area contributed by atoms with Gasteiger partial charge in [0.1, 0.15) is 0 Å². The van der Waals surface area contributed by atoms with E-state index in [0.717, 1.165) is 11.1 Å². The number of hydrogen-bond acceptors (Lipinski definition) is 3. The first kappa shape index (κ1) is 19.8. The average molecular weight is 394 g/mol. The summed E-state index contributed by atoms with van der Waals surface area (Å²) in [6, 6.07) is 9.86. The molecule has 2 rings (SSSR count). The van der Waals surface area contributed by atoms with E-state index in [0.29, 0.717) is 15.7 Å². The van der Waals surface area contributed by atoms with Gasteiger partial charge in [0, 0.05) is 21.4 Å².